The van der Waals surface area contributed by atoms with Crippen LogP contribution in [0.4, 0.5) is 0 Å². The van der Waals surface area contributed by atoms with E-state index in [9.17, 15) is 9.59 Å². The van der Waals surface area contributed by atoms with Crippen molar-refractivity contribution in [2.24, 2.45) is 0 Å². The third-order valence-corrected chi connectivity index (χ3v) is 5.30. The SMILES string of the molecule is O=C(OCc1nc(C(=O)NCCc2c[nH]c3ccccc23)cs1)c1ccccc1. The molecule has 0 aliphatic carbocycles. The summed E-state index contributed by atoms with van der Waals surface area (Å²) in [5.41, 5.74) is 3.06. The van der Waals surface area contributed by atoms with Crippen LogP contribution in [0.25, 0.3) is 10.9 Å². The Morgan fingerprint density at radius 2 is 1.86 bits per heavy atom. The van der Waals surface area contributed by atoms with Crippen LogP contribution in [0.1, 0.15) is 31.4 Å². The molecule has 1 amide bonds. The molecule has 4 aromatic rings. The smallest absolute Gasteiger partial charge is 0.338 e. The number of ether oxygens (including phenoxy) is 1. The highest BCUT2D eigenvalue weighted by atomic mass is 32.1. The molecule has 0 saturated carbocycles. The molecule has 7 heteroatoms. The molecular weight excluding hydrogens is 386 g/mol. The molecule has 0 unspecified atom stereocenters. The summed E-state index contributed by atoms with van der Waals surface area (Å²) in [5.74, 6) is -0.646. The molecule has 6 nitrogen and oxygen atoms in total. The molecule has 0 fully saturated rings. The Kier molecular flexibility index (Phi) is 5.67. The van der Waals surface area contributed by atoms with Gasteiger partial charge in [0.25, 0.3) is 5.91 Å². The average molecular weight is 405 g/mol. The number of para-hydroxylation sites is 1. The molecular formula is C22H19N3O3S. The maximum Gasteiger partial charge on any atom is 0.338 e. The number of fused-ring (bicyclic) bond motifs is 1. The van der Waals surface area contributed by atoms with Crippen molar-refractivity contribution in [3.63, 3.8) is 0 Å². The molecule has 0 bridgehead atoms. The molecule has 0 saturated heterocycles. The van der Waals surface area contributed by atoms with Gasteiger partial charge in [0.15, 0.2) is 0 Å². The molecule has 29 heavy (non-hydrogen) atoms. The van der Waals surface area contributed by atoms with Gasteiger partial charge in [-0.2, -0.15) is 0 Å². The van der Waals surface area contributed by atoms with Gasteiger partial charge in [-0.15, -0.1) is 11.3 Å². The lowest BCUT2D eigenvalue weighted by Crippen LogP contribution is -2.26. The summed E-state index contributed by atoms with van der Waals surface area (Å²) >= 11 is 1.29. The lowest BCUT2D eigenvalue weighted by molar-refractivity contribution is 0.0472. The van der Waals surface area contributed by atoms with Gasteiger partial charge < -0.3 is 15.0 Å². The zero-order chi connectivity index (χ0) is 20.1. The van der Waals surface area contributed by atoms with Gasteiger partial charge in [0.2, 0.25) is 0 Å². The van der Waals surface area contributed by atoms with Gasteiger partial charge in [0, 0.05) is 29.0 Å². The van der Waals surface area contributed by atoms with Crippen molar-refractivity contribution >= 4 is 34.1 Å². The number of carbonyl (C=O) groups is 2. The van der Waals surface area contributed by atoms with E-state index >= 15 is 0 Å². The normalized spacial score (nSPS) is 10.8. The molecule has 0 radical (unpaired) electrons. The van der Waals surface area contributed by atoms with Crippen LogP contribution in [0.3, 0.4) is 0 Å². The zero-order valence-corrected chi connectivity index (χ0v) is 16.4. The van der Waals surface area contributed by atoms with E-state index in [-0.39, 0.29) is 12.5 Å². The minimum atomic E-state index is -0.412. The average Bonchev–Trinajstić information content (AvgIpc) is 3.40. The first-order chi connectivity index (χ1) is 14.2. The zero-order valence-electron chi connectivity index (χ0n) is 15.6. The Morgan fingerprint density at radius 3 is 2.72 bits per heavy atom. The Labute approximate surface area is 171 Å². The monoisotopic (exact) mass is 405 g/mol. The summed E-state index contributed by atoms with van der Waals surface area (Å²) in [5, 5.41) is 6.31. The number of thiazole rings is 1. The Hall–Kier alpha value is -3.45. The maximum atomic E-state index is 12.3. The van der Waals surface area contributed by atoms with Crippen LogP contribution >= 0.6 is 11.3 Å². The summed E-state index contributed by atoms with van der Waals surface area (Å²) in [6.07, 6.45) is 2.69. The largest absolute Gasteiger partial charge is 0.455 e. The van der Waals surface area contributed by atoms with E-state index in [4.69, 9.17) is 4.74 Å². The number of rotatable bonds is 7. The fourth-order valence-electron chi connectivity index (χ4n) is 3.01. The molecule has 0 aliphatic heterocycles. The summed E-state index contributed by atoms with van der Waals surface area (Å²) in [6, 6.07) is 16.8. The molecule has 4 rings (SSSR count). The predicted octanol–water partition coefficient (Wildman–Crippen LogP) is 3.95. The molecule has 0 spiro atoms. The van der Waals surface area contributed by atoms with Crippen molar-refractivity contribution in [3.8, 4) is 0 Å². The van der Waals surface area contributed by atoms with Crippen molar-refractivity contribution in [3.05, 3.63) is 88.0 Å². The van der Waals surface area contributed by atoms with E-state index in [1.807, 2.05) is 30.5 Å². The minimum absolute atomic E-state index is 0.0427. The van der Waals surface area contributed by atoms with Crippen LogP contribution < -0.4 is 5.32 Å². The number of amides is 1. The Balaban J connectivity index is 1.27. The number of aromatic nitrogens is 2. The van der Waals surface area contributed by atoms with Gasteiger partial charge in [-0.25, -0.2) is 9.78 Å². The first-order valence-corrected chi connectivity index (χ1v) is 10.1. The molecule has 2 heterocycles. The number of hydrogen-bond acceptors (Lipinski definition) is 5. The fraction of sp³-hybridized carbons (Fsp3) is 0.136. The highest BCUT2D eigenvalue weighted by Gasteiger charge is 2.13. The van der Waals surface area contributed by atoms with Gasteiger partial charge in [-0.1, -0.05) is 36.4 Å². The first-order valence-electron chi connectivity index (χ1n) is 9.20. The number of H-pyrrole nitrogens is 1. The van der Waals surface area contributed by atoms with E-state index in [1.165, 1.54) is 11.3 Å². The maximum absolute atomic E-state index is 12.3. The number of esters is 1. The fourth-order valence-corrected chi connectivity index (χ4v) is 3.69. The standard InChI is InChI=1S/C22H19N3O3S/c26-21(23-11-10-16-12-24-18-9-5-4-8-17(16)18)19-14-29-20(25-19)13-28-22(27)15-6-2-1-3-7-15/h1-9,12,14,24H,10-11,13H2,(H,23,26). The van der Waals surface area contributed by atoms with E-state index in [1.54, 1.807) is 29.6 Å². The number of nitrogens with zero attached hydrogens (tertiary/aromatic N) is 1. The second kappa shape index (κ2) is 8.70. The first kappa shape index (κ1) is 18.9. The quantitative estimate of drug-likeness (QED) is 0.456. The van der Waals surface area contributed by atoms with Crippen molar-refractivity contribution in [1.29, 1.82) is 0 Å². The highest BCUT2D eigenvalue weighted by Crippen LogP contribution is 2.18. The predicted molar refractivity (Wildman–Crippen MR) is 112 cm³/mol. The van der Waals surface area contributed by atoms with Crippen LogP contribution in [0.2, 0.25) is 0 Å². The van der Waals surface area contributed by atoms with Gasteiger partial charge in [-0.3, -0.25) is 4.79 Å². The van der Waals surface area contributed by atoms with Crippen LogP contribution in [0.15, 0.2) is 66.2 Å². The van der Waals surface area contributed by atoms with Gasteiger partial charge in [0.1, 0.15) is 17.3 Å². The van der Waals surface area contributed by atoms with E-state index < -0.39 is 5.97 Å². The molecule has 2 N–H and O–H groups in total. The summed E-state index contributed by atoms with van der Waals surface area (Å²) < 4.78 is 5.25. The van der Waals surface area contributed by atoms with E-state index in [0.717, 1.165) is 22.9 Å². The molecule has 0 aliphatic rings. The third kappa shape index (κ3) is 4.52. The Bertz CT molecular complexity index is 1130. The second-order valence-electron chi connectivity index (χ2n) is 6.43. The van der Waals surface area contributed by atoms with Crippen LogP contribution in [0.5, 0.6) is 0 Å². The van der Waals surface area contributed by atoms with Crippen LogP contribution in [-0.4, -0.2) is 28.4 Å². The number of aromatic amines is 1. The summed E-state index contributed by atoms with van der Waals surface area (Å²) in [4.78, 5) is 31.8. The number of nitrogens with one attached hydrogen (secondary N) is 2. The molecule has 146 valence electrons. The number of carbonyl (C=O) groups excluding carboxylic acids is 2. The molecule has 0 atom stereocenters. The second-order valence-corrected chi connectivity index (χ2v) is 7.38. The Morgan fingerprint density at radius 1 is 1.07 bits per heavy atom. The van der Waals surface area contributed by atoms with Crippen molar-refractivity contribution < 1.29 is 14.3 Å². The van der Waals surface area contributed by atoms with E-state index in [0.29, 0.717) is 22.8 Å². The van der Waals surface area contributed by atoms with Gasteiger partial charge in [-0.05, 0) is 30.2 Å². The topological polar surface area (TPSA) is 84.1 Å². The summed E-state index contributed by atoms with van der Waals surface area (Å²) in [7, 11) is 0. The highest BCUT2D eigenvalue weighted by molar-refractivity contribution is 7.09. The van der Waals surface area contributed by atoms with Crippen LogP contribution in [-0.2, 0) is 17.8 Å². The summed E-state index contributed by atoms with van der Waals surface area (Å²) in [6.45, 7) is 0.553. The lowest BCUT2D eigenvalue weighted by atomic mass is 10.1. The van der Waals surface area contributed by atoms with Gasteiger partial charge >= 0.3 is 5.97 Å². The molecule has 2 aromatic heterocycles. The van der Waals surface area contributed by atoms with Crippen molar-refractivity contribution in [2.45, 2.75) is 13.0 Å². The third-order valence-electron chi connectivity index (χ3n) is 4.48. The van der Waals surface area contributed by atoms with E-state index in [2.05, 4.69) is 21.4 Å². The lowest BCUT2D eigenvalue weighted by Gasteiger charge is -2.03. The number of hydrogen-bond donors (Lipinski definition) is 2. The van der Waals surface area contributed by atoms with Crippen molar-refractivity contribution in [2.75, 3.05) is 6.54 Å². The van der Waals surface area contributed by atoms with Crippen LogP contribution in [0, 0.1) is 0 Å². The molecule has 2 aromatic carbocycles. The minimum Gasteiger partial charge on any atom is -0.455 e. The van der Waals surface area contributed by atoms with Crippen molar-refractivity contribution in [1.82, 2.24) is 15.3 Å². The number of benzene rings is 2. The van der Waals surface area contributed by atoms with Gasteiger partial charge in [0.05, 0.1) is 5.56 Å².